The third-order valence-electron chi connectivity index (χ3n) is 5.48. The van der Waals surface area contributed by atoms with Crippen molar-refractivity contribution in [1.82, 2.24) is 0 Å². The van der Waals surface area contributed by atoms with E-state index in [-0.39, 0.29) is 30.0 Å². The van der Waals surface area contributed by atoms with Crippen molar-refractivity contribution in [3.8, 4) is 0 Å². The van der Waals surface area contributed by atoms with Crippen LogP contribution in [0.25, 0.3) is 0 Å². The van der Waals surface area contributed by atoms with Crippen LogP contribution in [0.5, 0.6) is 0 Å². The lowest BCUT2D eigenvalue weighted by Crippen LogP contribution is -2.28. The van der Waals surface area contributed by atoms with E-state index in [2.05, 4.69) is 23.8 Å². The molecule has 0 radical (unpaired) electrons. The Morgan fingerprint density at radius 2 is 1.88 bits per heavy atom. The number of hydrogen-bond acceptors (Lipinski definition) is 5. The van der Waals surface area contributed by atoms with Crippen LogP contribution >= 0.6 is 0 Å². The molecule has 0 unspecified atom stereocenters. The molecule has 0 heterocycles. The van der Waals surface area contributed by atoms with Gasteiger partial charge in [-0.15, -0.1) is 0 Å². The Morgan fingerprint density at radius 1 is 1.12 bits per heavy atom. The summed E-state index contributed by atoms with van der Waals surface area (Å²) in [5.41, 5.74) is 6.22. The Labute approximate surface area is 158 Å². The summed E-state index contributed by atoms with van der Waals surface area (Å²) in [6.45, 7) is 2.14. The van der Waals surface area contributed by atoms with E-state index < -0.39 is 0 Å². The summed E-state index contributed by atoms with van der Waals surface area (Å²) in [6, 6.07) is -0.0221. The van der Waals surface area contributed by atoms with Crippen molar-refractivity contribution in [3.05, 3.63) is 12.2 Å². The summed E-state index contributed by atoms with van der Waals surface area (Å²) in [6.07, 6.45) is 12.4. The topological polar surface area (TPSA) is 89.6 Å². The summed E-state index contributed by atoms with van der Waals surface area (Å²) in [5, 5.41) is 10.3. The average molecular weight is 368 g/mol. The van der Waals surface area contributed by atoms with Crippen LogP contribution in [0.4, 0.5) is 0 Å². The quantitative estimate of drug-likeness (QED) is 0.295. The van der Waals surface area contributed by atoms with Crippen LogP contribution in [0.15, 0.2) is 12.2 Å². The smallest absolute Gasteiger partial charge is 0.305 e. The number of esters is 1. The van der Waals surface area contributed by atoms with Gasteiger partial charge in [-0.25, -0.2) is 0 Å². The zero-order chi connectivity index (χ0) is 19.4. The number of ketones is 1. The van der Waals surface area contributed by atoms with Gasteiger partial charge in [0.15, 0.2) is 0 Å². The third kappa shape index (κ3) is 8.45. The fraction of sp³-hybridized carbons (Fsp3) is 0.810. The maximum Gasteiger partial charge on any atom is 0.305 e. The molecule has 1 aliphatic rings. The van der Waals surface area contributed by atoms with Crippen molar-refractivity contribution in [2.45, 2.75) is 89.7 Å². The molecule has 0 saturated heterocycles. The Morgan fingerprint density at radius 3 is 2.58 bits per heavy atom. The number of rotatable bonds is 13. The van der Waals surface area contributed by atoms with Crippen molar-refractivity contribution in [2.75, 3.05) is 7.11 Å². The number of hydrogen-bond donors (Lipinski definition) is 2. The maximum atomic E-state index is 12.0. The molecule has 1 saturated carbocycles. The average Bonchev–Trinajstić information content (AvgIpc) is 2.89. The minimum atomic E-state index is -0.384. The molecule has 1 rings (SSSR count). The SMILES string of the molecule is CCCCCC(=O)CC[C@@H]1[C@@H](C/C=C\CCCC(=O)OC)[C@@H](O)C[C@H]1N. The fourth-order valence-electron chi connectivity index (χ4n) is 3.85. The number of ether oxygens (including phenoxy) is 1. The Balaban J connectivity index is 2.36. The van der Waals surface area contributed by atoms with E-state index in [1.165, 1.54) is 7.11 Å². The molecule has 0 aromatic carbocycles. The molecular weight excluding hydrogens is 330 g/mol. The first kappa shape index (κ1) is 22.8. The minimum Gasteiger partial charge on any atom is -0.469 e. The van der Waals surface area contributed by atoms with Crippen molar-refractivity contribution in [1.29, 1.82) is 0 Å². The van der Waals surface area contributed by atoms with E-state index in [9.17, 15) is 14.7 Å². The van der Waals surface area contributed by atoms with Crippen LogP contribution in [0, 0.1) is 11.8 Å². The van der Waals surface area contributed by atoms with E-state index in [4.69, 9.17) is 5.73 Å². The number of methoxy groups -OCH3 is 1. The first-order valence-corrected chi connectivity index (χ1v) is 10.2. The van der Waals surface area contributed by atoms with Crippen LogP contribution in [-0.4, -0.2) is 36.1 Å². The number of unbranched alkanes of at least 4 members (excludes halogenated alkanes) is 3. The molecule has 3 N–H and O–H groups in total. The number of aliphatic hydroxyl groups is 1. The molecule has 26 heavy (non-hydrogen) atoms. The molecule has 0 aromatic heterocycles. The zero-order valence-electron chi connectivity index (χ0n) is 16.5. The van der Waals surface area contributed by atoms with Gasteiger partial charge in [0.1, 0.15) is 5.78 Å². The van der Waals surface area contributed by atoms with Crippen molar-refractivity contribution in [3.63, 3.8) is 0 Å². The standard InChI is InChI=1S/C21H37NO4/c1-3-4-7-10-16(23)13-14-17-18(20(24)15-19(17)22)11-8-5-6-9-12-21(25)26-2/h5,8,17-20,24H,3-4,6-7,9-15,22H2,1-2H3/b8-5-/t17-,18-,19-,20+/m1/s1. The highest BCUT2D eigenvalue weighted by molar-refractivity contribution is 5.78. The molecule has 1 fully saturated rings. The number of aliphatic hydroxyl groups excluding tert-OH is 1. The molecule has 0 aromatic rings. The van der Waals surface area contributed by atoms with Gasteiger partial charge in [0.25, 0.3) is 0 Å². The van der Waals surface area contributed by atoms with E-state index in [1.807, 2.05) is 0 Å². The molecule has 0 spiro atoms. The van der Waals surface area contributed by atoms with Gasteiger partial charge >= 0.3 is 5.97 Å². The molecule has 0 bridgehead atoms. The maximum absolute atomic E-state index is 12.0. The fourth-order valence-corrected chi connectivity index (χ4v) is 3.85. The summed E-state index contributed by atoms with van der Waals surface area (Å²) >= 11 is 0. The number of carbonyl (C=O) groups excluding carboxylic acids is 2. The van der Waals surface area contributed by atoms with Gasteiger partial charge in [-0.2, -0.15) is 0 Å². The van der Waals surface area contributed by atoms with Crippen molar-refractivity contribution < 1.29 is 19.4 Å². The van der Waals surface area contributed by atoms with Crippen LogP contribution in [-0.2, 0) is 14.3 Å². The Kier molecular flexibility index (Phi) is 11.5. The zero-order valence-corrected chi connectivity index (χ0v) is 16.5. The van der Waals surface area contributed by atoms with Gasteiger partial charge < -0.3 is 15.6 Å². The summed E-state index contributed by atoms with van der Waals surface area (Å²) in [4.78, 5) is 23.1. The van der Waals surface area contributed by atoms with E-state index in [0.29, 0.717) is 31.5 Å². The van der Waals surface area contributed by atoms with Gasteiger partial charge in [0, 0.05) is 25.3 Å². The van der Waals surface area contributed by atoms with Crippen LogP contribution < -0.4 is 5.73 Å². The Hall–Kier alpha value is -1.20. The highest BCUT2D eigenvalue weighted by Gasteiger charge is 2.39. The molecule has 0 aliphatic heterocycles. The predicted molar refractivity (Wildman–Crippen MR) is 104 cm³/mol. The third-order valence-corrected chi connectivity index (χ3v) is 5.48. The van der Waals surface area contributed by atoms with Gasteiger partial charge in [0.2, 0.25) is 0 Å². The number of carbonyl (C=O) groups is 2. The summed E-state index contributed by atoms with van der Waals surface area (Å²) < 4.78 is 4.62. The second-order valence-electron chi connectivity index (χ2n) is 7.50. The molecule has 0 amide bonds. The van der Waals surface area contributed by atoms with E-state index >= 15 is 0 Å². The number of Topliss-reactive ketones (excluding diaryl/α,β-unsaturated/α-hetero) is 1. The van der Waals surface area contributed by atoms with Gasteiger partial charge in [0.05, 0.1) is 13.2 Å². The molecule has 1 aliphatic carbocycles. The highest BCUT2D eigenvalue weighted by Crippen LogP contribution is 2.37. The molecule has 150 valence electrons. The highest BCUT2D eigenvalue weighted by atomic mass is 16.5. The molecule has 5 heteroatoms. The molecule has 5 nitrogen and oxygen atoms in total. The summed E-state index contributed by atoms with van der Waals surface area (Å²) in [7, 11) is 1.40. The van der Waals surface area contributed by atoms with Crippen LogP contribution in [0.2, 0.25) is 0 Å². The van der Waals surface area contributed by atoms with Crippen molar-refractivity contribution >= 4 is 11.8 Å². The van der Waals surface area contributed by atoms with Crippen LogP contribution in [0.3, 0.4) is 0 Å². The first-order chi connectivity index (χ1) is 12.5. The lowest BCUT2D eigenvalue weighted by Gasteiger charge is -2.22. The lowest BCUT2D eigenvalue weighted by molar-refractivity contribution is -0.140. The number of nitrogens with two attached hydrogens (primary N) is 1. The Bertz CT molecular complexity index is 449. The lowest BCUT2D eigenvalue weighted by atomic mass is 9.85. The monoisotopic (exact) mass is 367 g/mol. The molecule has 4 atom stereocenters. The molecular formula is C21H37NO4. The minimum absolute atomic E-state index is 0.0221. The summed E-state index contributed by atoms with van der Waals surface area (Å²) in [5.74, 6) is 0.480. The van der Waals surface area contributed by atoms with Gasteiger partial charge in [-0.1, -0.05) is 31.9 Å². The first-order valence-electron chi connectivity index (χ1n) is 10.2. The van der Waals surface area contributed by atoms with Gasteiger partial charge in [-0.05, 0) is 50.4 Å². The normalized spacial score (nSPS) is 25.7. The largest absolute Gasteiger partial charge is 0.469 e. The van der Waals surface area contributed by atoms with Crippen LogP contribution in [0.1, 0.15) is 77.6 Å². The number of allylic oxidation sites excluding steroid dienone is 2. The van der Waals surface area contributed by atoms with E-state index in [1.54, 1.807) is 0 Å². The second-order valence-corrected chi connectivity index (χ2v) is 7.50. The van der Waals surface area contributed by atoms with Crippen molar-refractivity contribution in [2.24, 2.45) is 17.6 Å². The van der Waals surface area contributed by atoms with Gasteiger partial charge in [-0.3, -0.25) is 9.59 Å². The second kappa shape index (κ2) is 13.0. The predicted octanol–water partition coefficient (Wildman–Crippen LogP) is 3.53. The van der Waals surface area contributed by atoms with E-state index in [0.717, 1.165) is 44.9 Å².